The summed E-state index contributed by atoms with van der Waals surface area (Å²) in [5, 5.41) is 2.71. The molecule has 60 heavy (non-hydrogen) atoms. The van der Waals surface area contributed by atoms with Gasteiger partial charge in [-0.3, -0.25) is 4.79 Å². The van der Waals surface area contributed by atoms with Crippen molar-refractivity contribution in [3.8, 4) is 0 Å². The number of piperazine rings is 1. The molecule has 320 valence electrons. The van der Waals surface area contributed by atoms with E-state index in [2.05, 4.69) is 5.32 Å². The number of sulfonamides is 1. The van der Waals surface area contributed by atoms with Crippen LogP contribution in [0, 0.1) is 17.5 Å². The Morgan fingerprint density at radius 2 is 1.35 bits per heavy atom. The van der Waals surface area contributed by atoms with Crippen LogP contribution in [0.3, 0.4) is 0 Å². The number of ketones is 1. The van der Waals surface area contributed by atoms with Gasteiger partial charge in [0.2, 0.25) is 10.0 Å². The second-order valence-corrected chi connectivity index (χ2v) is 19.4. The molecule has 6 rings (SSSR count). The second kappa shape index (κ2) is 17.4. The van der Waals surface area contributed by atoms with Gasteiger partial charge in [0.25, 0.3) is 0 Å². The van der Waals surface area contributed by atoms with E-state index in [1.165, 1.54) is 82.0 Å². The first-order valence-electron chi connectivity index (χ1n) is 20.0. The van der Waals surface area contributed by atoms with Gasteiger partial charge < -0.3 is 19.7 Å². The van der Waals surface area contributed by atoms with Gasteiger partial charge in [0, 0.05) is 31.5 Å². The minimum Gasteiger partial charge on any atom is -0.444 e. The van der Waals surface area contributed by atoms with Crippen molar-refractivity contribution < 1.29 is 45.4 Å². The lowest BCUT2D eigenvalue weighted by atomic mass is 9.81. The fourth-order valence-corrected chi connectivity index (χ4v) is 9.96. The van der Waals surface area contributed by atoms with E-state index in [1.807, 2.05) is 0 Å². The summed E-state index contributed by atoms with van der Waals surface area (Å²) in [6, 6.07) is 21.0. The molecule has 1 N–H and O–H groups in total. The predicted octanol–water partition coefficient (Wildman–Crippen LogP) is 8.72. The molecule has 4 aromatic carbocycles. The fraction of sp³-hybridized carbons (Fsp3) is 0.413. The van der Waals surface area contributed by atoms with Gasteiger partial charge in [-0.2, -0.15) is 4.31 Å². The van der Waals surface area contributed by atoms with Crippen molar-refractivity contribution in [2.24, 2.45) is 0 Å². The molecule has 2 amide bonds. The minimum absolute atomic E-state index is 0.00958. The lowest BCUT2D eigenvalue weighted by Gasteiger charge is -2.46. The summed E-state index contributed by atoms with van der Waals surface area (Å²) in [7, 11) is -4.08. The van der Waals surface area contributed by atoms with Crippen LogP contribution in [0.4, 0.5) is 22.8 Å². The number of ether oxygens (including phenoxy) is 2. The maximum Gasteiger partial charge on any atom is 0.410 e. The number of rotatable bonds is 12. The number of carbonyl (C=O) groups excluding carboxylic acids is 3. The average Bonchev–Trinajstić information content (AvgIpc) is 3.92. The Labute approximate surface area is 350 Å². The molecule has 2 fully saturated rings. The number of hydrogen-bond donors (Lipinski definition) is 1. The third-order valence-electron chi connectivity index (χ3n) is 10.6. The monoisotopic (exact) mass is 847 g/mol. The molecule has 2 aliphatic rings. The molecule has 1 spiro atoms. The van der Waals surface area contributed by atoms with E-state index in [4.69, 9.17) is 9.47 Å². The highest BCUT2D eigenvalue weighted by Crippen LogP contribution is 2.49. The Morgan fingerprint density at radius 1 is 0.783 bits per heavy atom. The van der Waals surface area contributed by atoms with Gasteiger partial charge in [-0.25, -0.2) is 31.2 Å². The summed E-state index contributed by atoms with van der Waals surface area (Å²) in [5.74, 6) is -3.18. The van der Waals surface area contributed by atoms with E-state index in [1.54, 1.807) is 65.8 Å². The number of Topliss-reactive ketones (excluding diaryl/α,β-unsaturated/α-hetero) is 1. The zero-order valence-corrected chi connectivity index (χ0v) is 35.5. The van der Waals surface area contributed by atoms with Crippen molar-refractivity contribution in [3.05, 3.63) is 137 Å². The van der Waals surface area contributed by atoms with E-state index in [-0.39, 0.29) is 42.8 Å². The van der Waals surface area contributed by atoms with Crippen LogP contribution in [0.2, 0.25) is 0 Å². The fourth-order valence-electron chi connectivity index (χ4n) is 7.92. The molecule has 14 heteroatoms. The minimum atomic E-state index is -4.08. The number of hydrogen-bond acceptors (Lipinski definition) is 7. The average molecular weight is 848 g/mol. The molecular weight excluding hydrogens is 796 g/mol. The molecule has 1 heterocycles. The highest BCUT2D eigenvalue weighted by molar-refractivity contribution is 7.89. The van der Waals surface area contributed by atoms with Crippen LogP contribution in [0.1, 0.15) is 89.0 Å². The molecule has 2 atom stereocenters. The molecule has 1 aliphatic heterocycles. The number of benzene rings is 4. The van der Waals surface area contributed by atoms with E-state index in [0.717, 1.165) is 0 Å². The third-order valence-corrected chi connectivity index (χ3v) is 12.7. The van der Waals surface area contributed by atoms with Gasteiger partial charge >= 0.3 is 12.2 Å². The molecule has 10 nitrogen and oxygen atoms in total. The van der Waals surface area contributed by atoms with Crippen LogP contribution in [0.15, 0.2) is 102 Å². The first-order valence-corrected chi connectivity index (χ1v) is 21.5. The van der Waals surface area contributed by atoms with Crippen LogP contribution < -0.4 is 5.32 Å². The van der Waals surface area contributed by atoms with Crippen LogP contribution >= 0.6 is 0 Å². The Kier molecular flexibility index (Phi) is 12.9. The summed E-state index contributed by atoms with van der Waals surface area (Å²) < 4.78 is 86.0. The molecule has 1 saturated carbocycles. The zero-order valence-electron chi connectivity index (χ0n) is 34.7. The number of nitrogens with one attached hydrogen (secondary N) is 1. The Morgan fingerprint density at radius 3 is 1.88 bits per heavy atom. The summed E-state index contributed by atoms with van der Waals surface area (Å²) in [4.78, 5) is 43.2. The molecule has 1 aliphatic carbocycles. The van der Waals surface area contributed by atoms with Crippen molar-refractivity contribution in [1.82, 2.24) is 14.5 Å². The molecule has 0 unspecified atom stereocenters. The smallest absolute Gasteiger partial charge is 0.410 e. The van der Waals surface area contributed by atoms with E-state index >= 15 is 4.39 Å². The van der Waals surface area contributed by atoms with Gasteiger partial charge in [-0.1, -0.05) is 54.6 Å². The molecule has 0 bridgehead atoms. The molecule has 1 saturated heterocycles. The van der Waals surface area contributed by atoms with Gasteiger partial charge in [-0.05, 0) is 132 Å². The lowest BCUT2D eigenvalue weighted by Crippen LogP contribution is -2.63. The summed E-state index contributed by atoms with van der Waals surface area (Å²) in [6.45, 7) is 10.4. The predicted molar refractivity (Wildman–Crippen MR) is 220 cm³/mol. The zero-order chi connectivity index (χ0) is 43.6. The van der Waals surface area contributed by atoms with Crippen molar-refractivity contribution in [2.75, 3.05) is 13.1 Å². The number of halogens is 3. The largest absolute Gasteiger partial charge is 0.444 e. The van der Waals surface area contributed by atoms with Crippen LogP contribution in [0.25, 0.3) is 0 Å². The summed E-state index contributed by atoms with van der Waals surface area (Å²) in [6.07, 6.45) is -0.752. The Bertz CT molecular complexity index is 2250. The number of alkyl carbamates (subject to hydrolysis) is 1. The standard InChI is InChI=1S/C46H52F3N3O7S/c1-44(2,3)58-42(54)50-41(40(30-15-19-33(47)20-16-30)31-17-21-34(48)22-18-31)39(53)27-32-11-10-14-38(49)37(32)24-23-35-28-51(43(55)59-45(4,5)6)29-46(25-26-46)52(35)60(56,57)36-12-8-7-9-13-36/h7-22,35,40-41H,23-29H2,1-6H3,(H,50,54)/t35-,41+/m0/s1. The summed E-state index contributed by atoms with van der Waals surface area (Å²) >= 11 is 0. The third kappa shape index (κ3) is 10.6. The molecular formula is C46H52F3N3O7S. The van der Waals surface area contributed by atoms with Gasteiger partial charge in [0.15, 0.2) is 5.78 Å². The van der Waals surface area contributed by atoms with Crippen LogP contribution in [-0.2, 0) is 37.1 Å². The van der Waals surface area contributed by atoms with Crippen molar-refractivity contribution in [2.45, 2.75) is 113 Å². The normalized spacial score (nSPS) is 17.3. The molecule has 0 aromatic heterocycles. The van der Waals surface area contributed by atoms with Gasteiger partial charge in [0.05, 0.1) is 10.4 Å². The van der Waals surface area contributed by atoms with Gasteiger partial charge in [-0.15, -0.1) is 0 Å². The topological polar surface area (TPSA) is 122 Å². The van der Waals surface area contributed by atoms with Crippen LogP contribution in [0.5, 0.6) is 0 Å². The highest BCUT2D eigenvalue weighted by Gasteiger charge is 2.60. The quantitative estimate of drug-likeness (QED) is 0.151. The van der Waals surface area contributed by atoms with Crippen molar-refractivity contribution in [3.63, 3.8) is 0 Å². The SMILES string of the molecule is CC(C)(C)OC(=O)N[C@H](C(=O)Cc1cccc(F)c1CC[C@H]1CN(C(=O)OC(C)(C)C)CC2(CC2)N1S(=O)(=O)c1ccccc1)C(c1ccc(F)cc1)c1ccc(F)cc1. The molecule has 4 aromatic rings. The van der Waals surface area contributed by atoms with Crippen LogP contribution in [-0.4, -0.2) is 77.5 Å². The molecule has 0 radical (unpaired) electrons. The van der Waals surface area contributed by atoms with Gasteiger partial charge in [0.1, 0.15) is 34.7 Å². The number of amides is 2. The Hall–Kier alpha value is -5.21. The maximum absolute atomic E-state index is 16.1. The Balaban J connectivity index is 1.35. The first kappa shape index (κ1) is 44.3. The van der Waals surface area contributed by atoms with E-state index in [9.17, 15) is 31.6 Å². The number of carbonyl (C=O) groups is 3. The van der Waals surface area contributed by atoms with E-state index in [0.29, 0.717) is 29.5 Å². The number of nitrogens with zero attached hydrogens (tertiary/aromatic N) is 2. The second-order valence-electron chi connectivity index (χ2n) is 17.6. The lowest BCUT2D eigenvalue weighted by molar-refractivity contribution is -0.120. The first-order chi connectivity index (χ1) is 28.2. The van der Waals surface area contributed by atoms with Crippen molar-refractivity contribution >= 4 is 28.0 Å². The van der Waals surface area contributed by atoms with E-state index < -0.39 is 80.2 Å². The maximum atomic E-state index is 16.1. The summed E-state index contributed by atoms with van der Waals surface area (Å²) in [5.41, 5.74) is -1.26. The highest BCUT2D eigenvalue weighted by atomic mass is 32.2. The van der Waals surface area contributed by atoms with Crippen molar-refractivity contribution in [1.29, 1.82) is 0 Å².